The zero-order chi connectivity index (χ0) is 16.5. The zero-order valence-corrected chi connectivity index (χ0v) is 11.1. The van der Waals surface area contributed by atoms with E-state index in [1.54, 1.807) is 0 Å². The summed E-state index contributed by atoms with van der Waals surface area (Å²) in [5.74, 6) is -2.81. The van der Waals surface area contributed by atoms with Crippen molar-refractivity contribution < 1.29 is 27.9 Å². The minimum absolute atomic E-state index is 0.0199. The van der Waals surface area contributed by atoms with Gasteiger partial charge in [0.15, 0.2) is 0 Å². The topological polar surface area (TPSA) is 94.5 Å². The molecule has 0 aliphatic heterocycles. The fraction of sp³-hybridized carbons (Fsp3) is 0.231. The highest BCUT2D eigenvalue weighted by molar-refractivity contribution is 5.86. The van der Waals surface area contributed by atoms with Crippen molar-refractivity contribution in [3.05, 3.63) is 40.2 Å². The number of pyridine rings is 1. The molecule has 1 heterocycles. The van der Waals surface area contributed by atoms with E-state index in [0.717, 1.165) is 0 Å². The zero-order valence-electron chi connectivity index (χ0n) is 11.1. The van der Waals surface area contributed by atoms with Gasteiger partial charge in [0.2, 0.25) is 0 Å². The summed E-state index contributed by atoms with van der Waals surface area (Å²) in [7, 11) is 0. The average Bonchev–Trinajstić information content (AvgIpc) is 2.43. The van der Waals surface area contributed by atoms with Gasteiger partial charge in [-0.15, -0.1) is 4.73 Å². The lowest BCUT2D eigenvalue weighted by Crippen LogP contribution is -2.39. The Bertz CT molecular complexity index is 783. The molecule has 6 nitrogen and oxygen atoms in total. The molecule has 1 aromatic heterocycles. The van der Waals surface area contributed by atoms with Crippen LogP contribution in [0.4, 0.5) is 13.2 Å². The van der Waals surface area contributed by atoms with Gasteiger partial charge in [-0.2, -0.15) is 13.2 Å². The SMILES string of the molecule is NCCc1cc2c(O)cccc2n(OC(=O)C(F)(F)F)c1=O. The third kappa shape index (κ3) is 2.89. The van der Waals surface area contributed by atoms with Gasteiger partial charge in [0.05, 0.1) is 5.52 Å². The van der Waals surface area contributed by atoms with Gasteiger partial charge in [-0.3, -0.25) is 4.79 Å². The predicted molar refractivity (Wildman–Crippen MR) is 70.3 cm³/mol. The van der Waals surface area contributed by atoms with Crippen molar-refractivity contribution in [1.82, 2.24) is 4.73 Å². The fourth-order valence-electron chi connectivity index (χ4n) is 1.90. The van der Waals surface area contributed by atoms with Gasteiger partial charge < -0.3 is 15.7 Å². The Morgan fingerprint density at radius 1 is 1.36 bits per heavy atom. The number of hydrogen-bond acceptors (Lipinski definition) is 5. The number of aromatic nitrogens is 1. The minimum Gasteiger partial charge on any atom is -0.507 e. The van der Waals surface area contributed by atoms with Gasteiger partial charge in [-0.1, -0.05) is 6.07 Å². The summed E-state index contributed by atoms with van der Waals surface area (Å²) in [4.78, 5) is 27.3. The molecule has 0 unspecified atom stereocenters. The first kappa shape index (κ1) is 15.8. The van der Waals surface area contributed by atoms with Crippen molar-refractivity contribution in [2.24, 2.45) is 5.73 Å². The van der Waals surface area contributed by atoms with E-state index in [-0.39, 0.29) is 39.9 Å². The molecule has 1 aromatic carbocycles. The van der Waals surface area contributed by atoms with Crippen LogP contribution in [0.5, 0.6) is 5.75 Å². The van der Waals surface area contributed by atoms with E-state index in [1.165, 1.54) is 24.3 Å². The van der Waals surface area contributed by atoms with Crippen LogP contribution in [0.2, 0.25) is 0 Å². The van der Waals surface area contributed by atoms with E-state index < -0.39 is 17.7 Å². The highest BCUT2D eigenvalue weighted by Crippen LogP contribution is 2.24. The Morgan fingerprint density at radius 2 is 2.05 bits per heavy atom. The molecule has 0 saturated carbocycles. The second-order valence-electron chi connectivity index (χ2n) is 4.39. The van der Waals surface area contributed by atoms with Gasteiger partial charge >= 0.3 is 12.1 Å². The normalized spacial score (nSPS) is 11.6. The first-order chi connectivity index (χ1) is 10.3. The van der Waals surface area contributed by atoms with Crippen LogP contribution in [0.1, 0.15) is 5.56 Å². The molecule has 9 heteroatoms. The number of phenols is 1. The largest absolute Gasteiger partial charge is 0.507 e. The summed E-state index contributed by atoms with van der Waals surface area (Å²) in [6, 6.07) is 5.14. The fourth-order valence-corrected chi connectivity index (χ4v) is 1.90. The van der Waals surface area contributed by atoms with Crippen LogP contribution in [0.3, 0.4) is 0 Å². The lowest BCUT2D eigenvalue weighted by atomic mass is 10.1. The molecular weight excluding hydrogens is 305 g/mol. The Hall–Kier alpha value is -2.55. The van der Waals surface area contributed by atoms with E-state index in [4.69, 9.17) is 5.73 Å². The minimum atomic E-state index is -5.26. The maximum absolute atomic E-state index is 12.3. The molecule has 0 radical (unpaired) electrons. The highest BCUT2D eigenvalue weighted by Gasteiger charge is 2.42. The number of nitrogens with zero attached hydrogens (tertiary/aromatic N) is 1. The Labute approximate surface area is 121 Å². The molecule has 0 atom stereocenters. The second-order valence-corrected chi connectivity index (χ2v) is 4.39. The molecule has 0 aliphatic carbocycles. The Morgan fingerprint density at radius 3 is 2.64 bits per heavy atom. The van der Waals surface area contributed by atoms with E-state index in [2.05, 4.69) is 4.84 Å². The number of hydrogen-bond donors (Lipinski definition) is 2. The van der Waals surface area contributed by atoms with Crippen molar-refractivity contribution in [2.45, 2.75) is 12.6 Å². The first-order valence-electron chi connectivity index (χ1n) is 6.12. The third-order valence-electron chi connectivity index (χ3n) is 2.88. The van der Waals surface area contributed by atoms with E-state index in [0.29, 0.717) is 0 Å². The first-order valence-corrected chi connectivity index (χ1v) is 6.12. The lowest BCUT2D eigenvalue weighted by Gasteiger charge is -2.13. The van der Waals surface area contributed by atoms with Crippen LogP contribution in [0.15, 0.2) is 29.1 Å². The number of rotatable bonds is 3. The number of carbonyl (C=O) groups is 1. The van der Waals surface area contributed by atoms with Crippen LogP contribution in [0.25, 0.3) is 10.9 Å². The van der Waals surface area contributed by atoms with Gasteiger partial charge in [0.25, 0.3) is 5.56 Å². The van der Waals surface area contributed by atoms with Crippen molar-refractivity contribution >= 4 is 16.9 Å². The molecule has 2 rings (SSSR count). The molecule has 118 valence electrons. The molecule has 3 N–H and O–H groups in total. The van der Waals surface area contributed by atoms with E-state index in [1.807, 2.05) is 0 Å². The Balaban J connectivity index is 2.69. The van der Waals surface area contributed by atoms with Crippen molar-refractivity contribution in [3.63, 3.8) is 0 Å². The molecule has 0 aliphatic rings. The maximum Gasteiger partial charge on any atom is 0.493 e. The molecule has 0 bridgehead atoms. The number of aromatic hydroxyl groups is 1. The molecule has 22 heavy (non-hydrogen) atoms. The highest BCUT2D eigenvalue weighted by atomic mass is 19.4. The predicted octanol–water partition coefficient (Wildman–Crippen LogP) is 0.726. The Kier molecular flexibility index (Phi) is 4.09. The van der Waals surface area contributed by atoms with Crippen molar-refractivity contribution in [3.8, 4) is 5.75 Å². The van der Waals surface area contributed by atoms with Gasteiger partial charge in [-0.05, 0) is 31.2 Å². The number of carbonyl (C=O) groups excluding carboxylic acids is 1. The summed E-state index contributed by atoms with van der Waals surface area (Å²) >= 11 is 0. The van der Waals surface area contributed by atoms with Gasteiger partial charge in [-0.25, -0.2) is 4.79 Å². The van der Waals surface area contributed by atoms with E-state index in [9.17, 15) is 27.9 Å². The third-order valence-corrected chi connectivity index (χ3v) is 2.88. The summed E-state index contributed by atoms with van der Waals surface area (Å²) in [5.41, 5.74) is 4.25. The van der Waals surface area contributed by atoms with E-state index >= 15 is 0 Å². The van der Waals surface area contributed by atoms with Gasteiger partial charge in [0.1, 0.15) is 5.75 Å². The average molecular weight is 316 g/mol. The van der Waals surface area contributed by atoms with Crippen LogP contribution in [0, 0.1) is 0 Å². The molecule has 2 aromatic rings. The molecule has 0 amide bonds. The van der Waals surface area contributed by atoms with Crippen LogP contribution in [-0.2, 0) is 11.2 Å². The van der Waals surface area contributed by atoms with Crippen molar-refractivity contribution in [1.29, 1.82) is 0 Å². The standard InChI is InChI=1S/C13H11F3N2O4/c14-13(15,16)12(21)22-18-9-2-1-3-10(19)8(9)6-7(4-5-17)11(18)20/h1-3,6,19H,4-5,17H2. The van der Waals surface area contributed by atoms with Crippen LogP contribution >= 0.6 is 0 Å². The monoisotopic (exact) mass is 316 g/mol. The molecule has 0 fully saturated rings. The quantitative estimate of drug-likeness (QED) is 0.870. The molecule has 0 spiro atoms. The summed E-state index contributed by atoms with van der Waals surface area (Å²) in [6.07, 6.45) is -5.21. The number of halogens is 3. The summed E-state index contributed by atoms with van der Waals surface area (Å²) in [6.45, 7) is 0.0571. The smallest absolute Gasteiger partial charge is 0.493 e. The number of phenolic OH excluding ortho intramolecular Hbond substituents is 1. The number of alkyl halides is 3. The summed E-state index contributed by atoms with van der Waals surface area (Å²) < 4.78 is 37.2. The molecular formula is C13H11F3N2O4. The van der Waals surface area contributed by atoms with Gasteiger partial charge in [0, 0.05) is 10.9 Å². The lowest BCUT2D eigenvalue weighted by molar-refractivity contribution is -0.199. The summed E-state index contributed by atoms with van der Waals surface area (Å²) in [5, 5.41) is 9.83. The number of nitrogens with two attached hydrogens (primary N) is 1. The second kappa shape index (κ2) is 5.68. The van der Waals surface area contributed by atoms with Crippen LogP contribution in [-0.4, -0.2) is 28.5 Å². The number of fused-ring (bicyclic) bond motifs is 1. The van der Waals surface area contributed by atoms with Crippen molar-refractivity contribution in [2.75, 3.05) is 6.54 Å². The van der Waals surface area contributed by atoms with Crippen LogP contribution < -0.4 is 16.1 Å². The maximum atomic E-state index is 12.3. The number of benzene rings is 1. The molecule has 0 saturated heterocycles.